The number of benzene rings is 2. The van der Waals surface area contributed by atoms with Crippen molar-refractivity contribution in [3.8, 4) is 5.75 Å². The van der Waals surface area contributed by atoms with Gasteiger partial charge in [-0.3, -0.25) is 9.69 Å². The van der Waals surface area contributed by atoms with Crippen LogP contribution in [0.4, 0.5) is 9.52 Å². The van der Waals surface area contributed by atoms with E-state index in [0.29, 0.717) is 17.4 Å². The van der Waals surface area contributed by atoms with Gasteiger partial charge in [-0.25, -0.2) is 9.37 Å². The number of carbonyl (C=O) groups excluding carboxylic acids is 1. The number of aromatic nitrogens is 1. The number of rotatable bonds is 9. The average molecular weight is 448 g/mol. The topological polar surface area (TPSA) is 45.7 Å². The number of halogens is 1. The maximum Gasteiger partial charge on any atom is 0.239 e. The Hall–Kier alpha value is -2.16. The molecule has 2 aromatic carbocycles. The van der Waals surface area contributed by atoms with Crippen LogP contribution in [0.25, 0.3) is 10.2 Å². The Morgan fingerprint density at radius 3 is 2.57 bits per heavy atom. The van der Waals surface area contributed by atoms with Crippen molar-refractivity contribution >= 4 is 44.4 Å². The SMILES string of the molecule is COc1ccc(C)c2sc(N(CCCN(C)C)C(=O)CSc3ccc(F)cc3)nc12. The van der Waals surface area contributed by atoms with Gasteiger partial charge in [0.05, 0.1) is 17.6 Å². The van der Waals surface area contributed by atoms with Gasteiger partial charge in [-0.2, -0.15) is 0 Å². The van der Waals surface area contributed by atoms with Crippen LogP contribution in [-0.4, -0.2) is 55.8 Å². The van der Waals surface area contributed by atoms with Crippen LogP contribution in [-0.2, 0) is 4.79 Å². The van der Waals surface area contributed by atoms with Crippen molar-refractivity contribution in [3.63, 3.8) is 0 Å². The van der Waals surface area contributed by atoms with E-state index in [-0.39, 0.29) is 17.5 Å². The minimum absolute atomic E-state index is 0.0150. The fourth-order valence-electron chi connectivity index (χ4n) is 3.00. The Balaban J connectivity index is 1.84. The number of hydrogen-bond acceptors (Lipinski definition) is 6. The van der Waals surface area contributed by atoms with Gasteiger partial charge in [0.2, 0.25) is 5.91 Å². The molecule has 0 aliphatic heterocycles. The summed E-state index contributed by atoms with van der Waals surface area (Å²) in [5.74, 6) is 0.674. The zero-order chi connectivity index (χ0) is 21.7. The number of methoxy groups -OCH3 is 1. The Morgan fingerprint density at radius 2 is 1.90 bits per heavy atom. The lowest BCUT2D eigenvalue weighted by Crippen LogP contribution is -2.34. The molecule has 160 valence electrons. The fraction of sp³-hybridized carbons (Fsp3) is 0.364. The van der Waals surface area contributed by atoms with Gasteiger partial charge in [-0.15, -0.1) is 11.8 Å². The van der Waals surface area contributed by atoms with E-state index in [0.717, 1.165) is 33.6 Å². The van der Waals surface area contributed by atoms with E-state index < -0.39 is 0 Å². The van der Waals surface area contributed by atoms with E-state index >= 15 is 0 Å². The van der Waals surface area contributed by atoms with Crippen molar-refractivity contribution in [1.82, 2.24) is 9.88 Å². The summed E-state index contributed by atoms with van der Waals surface area (Å²) in [6, 6.07) is 10.1. The Kier molecular flexibility index (Phi) is 7.69. The van der Waals surface area contributed by atoms with E-state index in [1.165, 1.54) is 35.2 Å². The minimum atomic E-state index is -0.283. The maximum atomic E-state index is 13.1. The highest BCUT2D eigenvalue weighted by Crippen LogP contribution is 2.36. The van der Waals surface area contributed by atoms with Crippen LogP contribution in [0.15, 0.2) is 41.3 Å². The summed E-state index contributed by atoms with van der Waals surface area (Å²) in [6.45, 7) is 3.50. The summed E-state index contributed by atoms with van der Waals surface area (Å²) in [6.07, 6.45) is 0.839. The molecular weight excluding hydrogens is 421 g/mol. The lowest BCUT2D eigenvalue weighted by molar-refractivity contribution is -0.116. The number of anilines is 1. The summed E-state index contributed by atoms with van der Waals surface area (Å²) >= 11 is 2.92. The van der Waals surface area contributed by atoms with Crippen LogP contribution < -0.4 is 9.64 Å². The zero-order valence-corrected chi connectivity index (χ0v) is 19.3. The molecule has 8 heteroatoms. The second-order valence-electron chi connectivity index (χ2n) is 7.20. The number of aryl methyl sites for hydroxylation is 1. The second kappa shape index (κ2) is 10.2. The number of hydrogen-bond donors (Lipinski definition) is 0. The number of thioether (sulfide) groups is 1. The number of ether oxygens (including phenoxy) is 1. The summed E-state index contributed by atoms with van der Waals surface area (Å²) in [5.41, 5.74) is 1.89. The van der Waals surface area contributed by atoms with Crippen LogP contribution in [0.3, 0.4) is 0 Å². The number of thiazole rings is 1. The van der Waals surface area contributed by atoms with Crippen LogP contribution in [0.1, 0.15) is 12.0 Å². The van der Waals surface area contributed by atoms with Gasteiger partial charge >= 0.3 is 0 Å². The monoisotopic (exact) mass is 447 g/mol. The summed E-state index contributed by atoms with van der Waals surface area (Å²) in [5, 5.41) is 0.682. The molecule has 3 rings (SSSR count). The second-order valence-corrected chi connectivity index (χ2v) is 9.23. The highest BCUT2D eigenvalue weighted by molar-refractivity contribution is 8.00. The number of amides is 1. The molecule has 1 aromatic heterocycles. The molecule has 0 saturated carbocycles. The smallest absolute Gasteiger partial charge is 0.239 e. The van der Waals surface area contributed by atoms with Crippen LogP contribution in [0.2, 0.25) is 0 Å². The molecule has 0 unspecified atom stereocenters. The van der Waals surface area contributed by atoms with Gasteiger partial charge in [-0.1, -0.05) is 17.4 Å². The quantitative estimate of drug-likeness (QED) is 0.440. The van der Waals surface area contributed by atoms with E-state index in [2.05, 4.69) is 4.90 Å². The van der Waals surface area contributed by atoms with Gasteiger partial charge in [0, 0.05) is 11.4 Å². The molecular formula is C22H26FN3O2S2. The zero-order valence-electron chi connectivity index (χ0n) is 17.6. The molecule has 0 N–H and O–H groups in total. The largest absolute Gasteiger partial charge is 0.494 e. The first-order valence-electron chi connectivity index (χ1n) is 9.66. The predicted octanol–water partition coefficient (Wildman–Crippen LogP) is 4.83. The first-order chi connectivity index (χ1) is 14.4. The van der Waals surface area contributed by atoms with Gasteiger partial charge in [0.1, 0.15) is 17.1 Å². The van der Waals surface area contributed by atoms with Gasteiger partial charge in [-0.05, 0) is 69.9 Å². The molecule has 0 radical (unpaired) electrons. The summed E-state index contributed by atoms with van der Waals surface area (Å²) in [7, 11) is 5.66. The minimum Gasteiger partial charge on any atom is -0.494 e. The molecule has 3 aromatic rings. The van der Waals surface area contributed by atoms with E-state index in [1.807, 2.05) is 33.2 Å². The Labute approximate surface area is 184 Å². The van der Waals surface area contributed by atoms with Crippen molar-refractivity contribution in [1.29, 1.82) is 0 Å². The number of carbonyl (C=O) groups is 1. The predicted molar refractivity (Wildman–Crippen MR) is 124 cm³/mol. The molecule has 0 spiro atoms. The van der Waals surface area contributed by atoms with E-state index in [1.54, 1.807) is 24.1 Å². The van der Waals surface area contributed by atoms with Crippen molar-refractivity contribution in [2.45, 2.75) is 18.2 Å². The molecule has 0 saturated heterocycles. The molecule has 0 bridgehead atoms. The maximum absolute atomic E-state index is 13.1. The van der Waals surface area contributed by atoms with E-state index in [4.69, 9.17) is 9.72 Å². The Bertz CT molecular complexity index is 1010. The van der Waals surface area contributed by atoms with Gasteiger partial charge in [0.15, 0.2) is 5.13 Å². The van der Waals surface area contributed by atoms with Crippen LogP contribution in [0, 0.1) is 12.7 Å². The Morgan fingerprint density at radius 1 is 1.17 bits per heavy atom. The highest BCUT2D eigenvalue weighted by Gasteiger charge is 2.21. The average Bonchev–Trinajstić information content (AvgIpc) is 3.16. The van der Waals surface area contributed by atoms with Crippen LogP contribution in [0.5, 0.6) is 5.75 Å². The molecule has 0 aliphatic rings. The molecule has 30 heavy (non-hydrogen) atoms. The van der Waals surface area contributed by atoms with Crippen molar-refractivity contribution in [2.75, 3.05) is 44.9 Å². The first-order valence-corrected chi connectivity index (χ1v) is 11.5. The molecule has 0 fully saturated rings. The first kappa shape index (κ1) is 22.5. The number of fused-ring (bicyclic) bond motifs is 1. The molecule has 0 aliphatic carbocycles. The van der Waals surface area contributed by atoms with E-state index in [9.17, 15) is 9.18 Å². The van der Waals surface area contributed by atoms with Crippen molar-refractivity contribution in [3.05, 3.63) is 47.8 Å². The molecule has 0 atom stereocenters. The van der Waals surface area contributed by atoms with Gasteiger partial charge < -0.3 is 9.64 Å². The lowest BCUT2D eigenvalue weighted by atomic mass is 10.2. The third-order valence-corrected chi connectivity index (χ3v) is 6.82. The molecule has 5 nitrogen and oxygen atoms in total. The fourth-order valence-corrected chi connectivity index (χ4v) is 4.87. The summed E-state index contributed by atoms with van der Waals surface area (Å²) in [4.78, 5) is 22.6. The third kappa shape index (κ3) is 5.50. The van der Waals surface area contributed by atoms with Crippen LogP contribution >= 0.6 is 23.1 Å². The standard InChI is InChI=1S/C22H26FN3O2S2/c1-15-6-11-18(28-4)20-21(15)30-22(24-20)26(13-5-12-25(2)3)19(27)14-29-17-9-7-16(23)8-10-17/h6-11H,5,12-14H2,1-4H3. The summed E-state index contributed by atoms with van der Waals surface area (Å²) < 4.78 is 19.6. The highest BCUT2D eigenvalue weighted by atomic mass is 32.2. The normalized spacial score (nSPS) is 11.3. The lowest BCUT2D eigenvalue weighted by Gasteiger charge is -2.21. The van der Waals surface area contributed by atoms with Gasteiger partial charge in [0.25, 0.3) is 0 Å². The molecule has 1 heterocycles. The molecule has 1 amide bonds. The van der Waals surface area contributed by atoms with Crippen molar-refractivity contribution in [2.24, 2.45) is 0 Å². The third-order valence-electron chi connectivity index (χ3n) is 4.61. The number of nitrogens with zero attached hydrogens (tertiary/aromatic N) is 3. The van der Waals surface area contributed by atoms with Crippen molar-refractivity contribution < 1.29 is 13.9 Å².